The van der Waals surface area contributed by atoms with Crippen LogP contribution in [0.15, 0.2) is 34.9 Å². The van der Waals surface area contributed by atoms with Crippen molar-refractivity contribution in [2.75, 3.05) is 19.6 Å². The summed E-state index contributed by atoms with van der Waals surface area (Å²) in [7, 11) is 0. The Morgan fingerprint density at radius 1 is 1.21 bits per heavy atom. The van der Waals surface area contributed by atoms with E-state index in [0.717, 1.165) is 36.4 Å². The van der Waals surface area contributed by atoms with Crippen molar-refractivity contribution in [2.24, 2.45) is 0 Å². The second kappa shape index (κ2) is 7.24. The summed E-state index contributed by atoms with van der Waals surface area (Å²) >= 11 is 0. The highest BCUT2D eigenvalue weighted by Gasteiger charge is 2.41. The van der Waals surface area contributed by atoms with Gasteiger partial charge in [0.05, 0.1) is 6.04 Å². The first kappa shape index (κ1) is 19.0. The zero-order valence-corrected chi connectivity index (χ0v) is 17.1. The van der Waals surface area contributed by atoms with Crippen LogP contribution in [-0.2, 0) is 4.74 Å². The van der Waals surface area contributed by atoms with Gasteiger partial charge in [-0.05, 0) is 46.6 Å². The number of rotatable bonds is 2. The van der Waals surface area contributed by atoms with Crippen LogP contribution in [-0.4, -0.2) is 52.3 Å². The molecule has 3 heterocycles. The quantitative estimate of drug-likeness (QED) is 0.769. The fraction of sp³-hybridized carbons (Fsp3) is 0.545. The molecule has 2 fully saturated rings. The van der Waals surface area contributed by atoms with E-state index in [1.165, 1.54) is 5.56 Å². The van der Waals surface area contributed by atoms with Crippen molar-refractivity contribution in [3.05, 3.63) is 41.6 Å². The van der Waals surface area contributed by atoms with Crippen LogP contribution in [0.5, 0.6) is 0 Å². The molecule has 1 aromatic heterocycles. The van der Waals surface area contributed by atoms with Crippen LogP contribution < -0.4 is 0 Å². The van der Waals surface area contributed by atoms with Gasteiger partial charge in [0.2, 0.25) is 0 Å². The van der Waals surface area contributed by atoms with Gasteiger partial charge in [-0.25, -0.2) is 4.79 Å². The molecule has 150 valence electrons. The second-order valence-corrected chi connectivity index (χ2v) is 8.90. The Bertz CT molecular complexity index is 855. The van der Waals surface area contributed by atoms with Gasteiger partial charge >= 0.3 is 6.09 Å². The predicted molar refractivity (Wildman–Crippen MR) is 107 cm³/mol. The number of carbonyl (C=O) groups excluding carboxylic acids is 1. The normalized spacial score (nSPS) is 22.9. The third-order valence-corrected chi connectivity index (χ3v) is 5.53. The lowest BCUT2D eigenvalue weighted by molar-refractivity contribution is 0.00464. The van der Waals surface area contributed by atoms with Crippen LogP contribution in [0.1, 0.15) is 50.9 Å². The van der Waals surface area contributed by atoms with Crippen molar-refractivity contribution in [1.29, 1.82) is 0 Å². The number of piperazine rings is 1. The summed E-state index contributed by atoms with van der Waals surface area (Å²) in [6, 6.07) is 11.0. The average molecular weight is 383 g/mol. The maximum absolute atomic E-state index is 12.4. The summed E-state index contributed by atoms with van der Waals surface area (Å²) in [5, 5.41) is 4.38. The zero-order chi connectivity index (χ0) is 19.9. The number of aromatic nitrogens is 1. The minimum atomic E-state index is -0.459. The van der Waals surface area contributed by atoms with Gasteiger partial charge in [-0.1, -0.05) is 28.9 Å². The third kappa shape index (κ3) is 3.92. The fourth-order valence-electron chi connectivity index (χ4n) is 4.24. The van der Waals surface area contributed by atoms with Crippen LogP contribution in [0.3, 0.4) is 0 Å². The Morgan fingerprint density at radius 3 is 2.79 bits per heavy atom. The first-order valence-electron chi connectivity index (χ1n) is 10.1. The first-order valence-corrected chi connectivity index (χ1v) is 10.1. The number of benzene rings is 1. The lowest BCUT2D eigenvalue weighted by Gasteiger charge is -2.39. The SMILES string of the molecule is Cc1cccc(-c2cc([C@H]3CC[C@H]4CN(C(=O)OC(C)(C)C)CCN43)no2)c1. The third-order valence-electron chi connectivity index (χ3n) is 5.53. The van der Waals surface area contributed by atoms with Gasteiger partial charge in [0.15, 0.2) is 5.76 Å². The summed E-state index contributed by atoms with van der Waals surface area (Å²) < 4.78 is 11.2. The van der Waals surface area contributed by atoms with Gasteiger partial charge in [0.1, 0.15) is 11.3 Å². The van der Waals surface area contributed by atoms with Crippen molar-refractivity contribution >= 4 is 6.09 Å². The maximum Gasteiger partial charge on any atom is 0.410 e. The lowest BCUT2D eigenvalue weighted by atomic mass is 10.1. The molecule has 1 aromatic carbocycles. The molecule has 0 aliphatic carbocycles. The average Bonchev–Trinajstić information content (AvgIpc) is 3.26. The van der Waals surface area contributed by atoms with Crippen molar-refractivity contribution in [1.82, 2.24) is 15.0 Å². The topological polar surface area (TPSA) is 58.8 Å². The summed E-state index contributed by atoms with van der Waals surface area (Å²) in [6.07, 6.45) is 1.88. The van der Waals surface area contributed by atoms with Gasteiger partial charge in [-0.15, -0.1) is 0 Å². The van der Waals surface area contributed by atoms with E-state index >= 15 is 0 Å². The summed E-state index contributed by atoms with van der Waals surface area (Å²) in [6.45, 7) is 10.0. The number of aryl methyl sites for hydroxylation is 1. The van der Waals surface area contributed by atoms with E-state index in [0.29, 0.717) is 19.1 Å². The molecular weight excluding hydrogens is 354 g/mol. The van der Waals surface area contributed by atoms with Gasteiger partial charge in [0.25, 0.3) is 0 Å². The first-order chi connectivity index (χ1) is 13.3. The molecule has 4 rings (SSSR count). The largest absolute Gasteiger partial charge is 0.444 e. The molecule has 0 spiro atoms. The Kier molecular flexibility index (Phi) is 4.91. The minimum absolute atomic E-state index is 0.209. The number of nitrogens with zero attached hydrogens (tertiary/aromatic N) is 3. The molecule has 0 radical (unpaired) electrons. The standard InChI is InChI=1S/C22H29N3O3/c1-15-6-5-7-16(12-15)20-13-18(23-28-20)19-9-8-17-14-24(10-11-25(17)19)21(26)27-22(2,3)4/h5-7,12-13,17,19H,8-11,14H2,1-4H3/t17-,19+/m0/s1. The Morgan fingerprint density at radius 2 is 2.04 bits per heavy atom. The molecule has 2 aliphatic heterocycles. The number of fused-ring (bicyclic) bond motifs is 1. The minimum Gasteiger partial charge on any atom is -0.444 e. The van der Waals surface area contributed by atoms with Crippen LogP contribution in [0.4, 0.5) is 4.79 Å². The monoisotopic (exact) mass is 383 g/mol. The van der Waals surface area contributed by atoms with Crippen LogP contribution in [0, 0.1) is 6.92 Å². The maximum atomic E-state index is 12.4. The number of carbonyl (C=O) groups is 1. The number of hydrogen-bond donors (Lipinski definition) is 0. The summed E-state index contributed by atoms with van der Waals surface area (Å²) in [5.41, 5.74) is 2.79. The van der Waals surface area contributed by atoms with Gasteiger partial charge in [-0.2, -0.15) is 0 Å². The molecule has 2 aromatic rings. The van der Waals surface area contributed by atoms with Crippen molar-refractivity contribution in [3.8, 4) is 11.3 Å². The Balaban J connectivity index is 1.44. The van der Waals surface area contributed by atoms with E-state index in [1.807, 2.05) is 37.8 Å². The highest BCUT2D eigenvalue weighted by atomic mass is 16.6. The highest BCUT2D eigenvalue weighted by Crippen LogP contribution is 2.38. The molecule has 1 amide bonds. The summed E-state index contributed by atoms with van der Waals surface area (Å²) in [5.74, 6) is 0.814. The second-order valence-electron chi connectivity index (χ2n) is 8.90. The van der Waals surface area contributed by atoms with Gasteiger partial charge in [0, 0.05) is 37.3 Å². The molecule has 2 atom stereocenters. The lowest BCUT2D eigenvalue weighted by Crippen LogP contribution is -2.53. The van der Waals surface area contributed by atoms with E-state index in [1.54, 1.807) is 0 Å². The Labute approximate surface area is 166 Å². The van der Waals surface area contributed by atoms with Gasteiger partial charge in [-0.3, -0.25) is 4.90 Å². The van der Waals surface area contributed by atoms with Crippen molar-refractivity contribution < 1.29 is 14.1 Å². The number of hydrogen-bond acceptors (Lipinski definition) is 5. The van der Waals surface area contributed by atoms with E-state index in [-0.39, 0.29) is 12.1 Å². The van der Waals surface area contributed by atoms with Crippen LogP contribution in [0.25, 0.3) is 11.3 Å². The molecule has 6 nitrogen and oxygen atoms in total. The molecule has 0 unspecified atom stereocenters. The molecular formula is C22H29N3O3. The molecule has 0 bridgehead atoms. The van der Waals surface area contributed by atoms with Crippen molar-refractivity contribution in [2.45, 2.75) is 58.2 Å². The molecule has 28 heavy (non-hydrogen) atoms. The van der Waals surface area contributed by atoms with Crippen molar-refractivity contribution in [3.63, 3.8) is 0 Å². The number of amides is 1. The van der Waals surface area contributed by atoms with E-state index in [9.17, 15) is 4.79 Å². The predicted octanol–water partition coefficient (Wildman–Crippen LogP) is 4.41. The summed E-state index contributed by atoms with van der Waals surface area (Å²) in [4.78, 5) is 16.7. The fourth-order valence-corrected chi connectivity index (χ4v) is 4.24. The van der Waals surface area contributed by atoms with Gasteiger partial charge < -0.3 is 14.2 Å². The highest BCUT2D eigenvalue weighted by molar-refractivity contribution is 5.68. The molecule has 2 aliphatic rings. The van der Waals surface area contributed by atoms with E-state index in [4.69, 9.17) is 9.26 Å². The molecule has 6 heteroatoms. The number of ether oxygens (including phenoxy) is 1. The smallest absolute Gasteiger partial charge is 0.410 e. The Hall–Kier alpha value is -2.34. The van der Waals surface area contributed by atoms with Crippen LogP contribution in [0.2, 0.25) is 0 Å². The van der Waals surface area contributed by atoms with Crippen LogP contribution >= 0.6 is 0 Å². The molecule has 0 saturated carbocycles. The molecule has 2 saturated heterocycles. The van der Waals surface area contributed by atoms with E-state index in [2.05, 4.69) is 35.2 Å². The molecule has 0 N–H and O–H groups in total. The zero-order valence-electron chi connectivity index (χ0n) is 17.1. The van der Waals surface area contributed by atoms with E-state index < -0.39 is 5.60 Å².